The second-order valence-electron chi connectivity index (χ2n) is 7.01. The second kappa shape index (κ2) is 9.35. The highest BCUT2D eigenvalue weighted by molar-refractivity contribution is 9.10. The van der Waals surface area contributed by atoms with E-state index >= 15 is 0 Å². The fourth-order valence-electron chi connectivity index (χ4n) is 3.32. The van der Waals surface area contributed by atoms with Crippen LogP contribution in [0.25, 0.3) is 17.0 Å². The third kappa shape index (κ3) is 4.07. The predicted molar refractivity (Wildman–Crippen MR) is 127 cm³/mol. The van der Waals surface area contributed by atoms with Crippen molar-refractivity contribution in [2.24, 2.45) is 0 Å². The van der Waals surface area contributed by atoms with E-state index in [4.69, 9.17) is 9.47 Å². The summed E-state index contributed by atoms with van der Waals surface area (Å²) in [6.07, 6.45) is 3.46. The van der Waals surface area contributed by atoms with Gasteiger partial charge in [-0.15, -0.1) is 11.3 Å². The fourth-order valence-corrected chi connectivity index (χ4v) is 4.95. The summed E-state index contributed by atoms with van der Waals surface area (Å²) in [5.41, 5.74) is 2.22. The third-order valence-corrected chi connectivity index (χ3v) is 6.78. The first-order valence-electron chi connectivity index (χ1n) is 9.98. The first-order chi connectivity index (χ1) is 16.3. The number of rotatable bonds is 6. The van der Waals surface area contributed by atoms with Crippen molar-refractivity contribution < 1.29 is 23.9 Å². The van der Waals surface area contributed by atoms with Crippen LogP contribution in [-0.2, 0) is 16.0 Å². The molecule has 0 saturated heterocycles. The van der Waals surface area contributed by atoms with E-state index in [2.05, 4.69) is 36.4 Å². The summed E-state index contributed by atoms with van der Waals surface area (Å²) in [6, 6.07) is 3.26. The summed E-state index contributed by atoms with van der Waals surface area (Å²) in [4.78, 5) is 42.0. The van der Waals surface area contributed by atoms with Crippen LogP contribution in [0.2, 0.25) is 0 Å². The van der Waals surface area contributed by atoms with Crippen molar-refractivity contribution in [2.45, 2.75) is 20.4 Å². The first-order valence-corrected chi connectivity index (χ1v) is 11.6. The highest BCUT2D eigenvalue weighted by atomic mass is 79.9. The maximum atomic E-state index is 13.1. The molecule has 0 spiro atoms. The molecule has 0 bridgehead atoms. The van der Waals surface area contributed by atoms with Gasteiger partial charge in [0.25, 0.3) is 5.91 Å². The van der Waals surface area contributed by atoms with E-state index in [9.17, 15) is 14.4 Å². The van der Waals surface area contributed by atoms with Crippen LogP contribution in [0.5, 0.6) is 0 Å². The van der Waals surface area contributed by atoms with Gasteiger partial charge in [0, 0.05) is 25.0 Å². The number of ether oxygens (including phenoxy) is 2. The molecular weight excluding hydrogens is 528 g/mol. The van der Waals surface area contributed by atoms with Crippen LogP contribution in [0.3, 0.4) is 0 Å². The zero-order chi connectivity index (χ0) is 24.6. The molecule has 0 saturated carbocycles. The number of aryl methyl sites for hydroxylation is 1. The minimum atomic E-state index is -0.686. The Labute approximate surface area is 205 Å². The van der Waals surface area contributed by atoms with E-state index in [0.29, 0.717) is 29.1 Å². The number of carbonyl (C=O) groups is 3. The molecule has 0 fully saturated rings. The van der Waals surface area contributed by atoms with Gasteiger partial charge in [-0.1, -0.05) is 0 Å². The molecule has 176 valence electrons. The lowest BCUT2D eigenvalue weighted by atomic mass is 10.1. The summed E-state index contributed by atoms with van der Waals surface area (Å²) in [6.45, 7) is 4.25. The summed E-state index contributed by atoms with van der Waals surface area (Å²) in [5.74, 6) is -1.89. The van der Waals surface area contributed by atoms with E-state index in [1.807, 2.05) is 13.1 Å². The molecule has 0 aliphatic rings. The fraction of sp³-hybridized carbons (Fsp3) is 0.238. The number of nitrogens with zero attached hydrogens (tertiary/aromatic N) is 5. The van der Waals surface area contributed by atoms with Crippen LogP contribution in [0.15, 0.2) is 29.0 Å². The zero-order valence-electron chi connectivity index (χ0n) is 18.6. The number of aromatic nitrogens is 5. The van der Waals surface area contributed by atoms with E-state index in [-0.39, 0.29) is 21.1 Å². The Balaban J connectivity index is 1.73. The molecule has 11 nitrogen and oxygen atoms in total. The van der Waals surface area contributed by atoms with Gasteiger partial charge in [0.15, 0.2) is 11.3 Å². The molecule has 1 N–H and O–H groups in total. The molecule has 4 rings (SSSR count). The molecule has 13 heteroatoms. The van der Waals surface area contributed by atoms with Gasteiger partial charge in [0.2, 0.25) is 0 Å². The summed E-state index contributed by atoms with van der Waals surface area (Å²) >= 11 is 4.43. The van der Waals surface area contributed by atoms with E-state index < -0.39 is 17.8 Å². The topological polar surface area (TPSA) is 130 Å². The van der Waals surface area contributed by atoms with Gasteiger partial charge >= 0.3 is 11.9 Å². The molecule has 0 atom stereocenters. The molecule has 0 aromatic carbocycles. The smallest absolute Gasteiger partial charge is 0.348 e. The van der Waals surface area contributed by atoms with Gasteiger partial charge in [-0.3, -0.25) is 9.48 Å². The van der Waals surface area contributed by atoms with E-state index in [0.717, 1.165) is 15.8 Å². The lowest BCUT2D eigenvalue weighted by molar-refractivity contribution is 0.0601. The van der Waals surface area contributed by atoms with Gasteiger partial charge in [-0.05, 0) is 41.4 Å². The number of hydrogen-bond donors (Lipinski definition) is 1. The van der Waals surface area contributed by atoms with Crippen molar-refractivity contribution in [1.29, 1.82) is 0 Å². The molecule has 0 aliphatic carbocycles. The van der Waals surface area contributed by atoms with Crippen LogP contribution in [-0.4, -0.2) is 56.4 Å². The Kier molecular flexibility index (Phi) is 6.48. The number of carbonyl (C=O) groups excluding carboxylic acids is 3. The van der Waals surface area contributed by atoms with E-state index in [1.54, 1.807) is 23.9 Å². The first kappa shape index (κ1) is 23.6. The molecule has 1 amide bonds. The summed E-state index contributed by atoms with van der Waals surface area (Å²) in [7, 11) is 2.46. The van der Waals surface area contributed by atoms with Crippen molar-refractivity contribution >= 4 is 55.8 Å². The van der Waals surface area contributed by atoms with Crippen molar-refractivity contribution in [3.63, 3.8) is 0 Å². The van der Waals surface area contributed by atoms with Crippen molar-refractivity contribution in [1.82, 2.24) is 24.4 Å². The minimum absolute atomic E-state index is 0.0625. The molecule has 4 aromatic heterocycles. The second-order valence-corrected chi connectivity index (χ2v) is 8.88. The van der Waals surface area contributed by atoms with Crippen molar-refractivity contribution in [3.05, 3.63) is 50.7 Å². The highest BCUT2D eigenvalue weighted by Gasteiger charge is 2.27. The lowest BCUT2D eigenvalue weighted by Gasteiger charge is -2.04. The number of anilines is 1. The Hall–Kier alpha value is -3.58. The monoisotopic (exact) mass is 546 g/mol. The van der Waals surface area contributed by atoms with Crippen LogP contribution in [0.4, 0.5) is 5.00 Å². The number of thiophene rings is 1. The number of methoxy groups -OCH3 is 2. The number of hydrogen-bond acceptors (Lipinski definition) is 9. The number of fused-ring (bicyclic) bond motifs is 1. The maximum Gasteiger partial charge on any atom is 0.348 e. The van der Waals surface area contributed by atoms with E-state index in [1.165, 1.54) is 24.8 Å². The third-order valence-electron chi connectivity index (χ3n) is 5.01. The average molecular weight is 547 g/mol. The van der Waals surface area contributed by atoms with Crippen molar-refractivity contribution in [2.75, 3.05) is 19.5 Å². The number of nitrogens with one attached hydrogen (secondary N) is 1. The van der Waals surface area contributed by atoms with Gasteiger partial charge in [0.1, 0.15) is 15.6 Å². The van der Waals surface area contributed by atoms with Crippen LogP contribution in [0, 0.1) is 6.92 Å². The SMILES string of the molecule is CCn1cc(Br)c(-c2ccnc3cc(C(=O)Nc4sc(C(=O)OC)c(C)c4C(=O)OC)nn23)n1. The predicted octanol–water partition coefficient (Wildman–Crippen LogP) is 3.57. The van der Waals surface area contributed by atoms with Gasteiger partial charge < -0.3 is 14.8 Å². The quantitative estimate of drug-likeness (QED) is 0.363. The van der Waals surface area contributed by atoms with Gasteiger partial charge in [-0.2, -0.15) is 10.2 Å². The average Bonchev–Trinajstić information content (AvgIpc) is 3.52. The molecule has 0 radical (unpaired) electrons. The van der Waals surface area contributed by atoms with Crippen LogP contribution < -0.4 is 5.32 Å². The van der Waals surface area contributed by atoms with Gasteiger partial charge in [-0.25, -0.2) is 19.1 Å². The van der Waals surface area contributed by atoms with Gasteiger partial charge in [0.05, 0.1) is 29.9 Å². The molecule has 4 aromatic rings. The number of amides is 1. The largest absolute Gasteiger partial charge is 0.465 e. The number of esters is 2. The summed E-state index contributed by atoms with van der Waals surface area (Å²) in [5, 5.41) is 11.8. The molecule has 0 unspecified atom stereocenters. The minimum Gasteiger partial charge on any atom is -0.465 e. The van der Waals surface area contributed by atoms with Crippen molar-refractivity contribution in [3.8, 4) is 11.4 Å². The normalized spacial score (nSPS) is 11.0. The molecule has 4 heterocycles. The Morgan fingerprint density at radius 1 is 1.18 bits per heavy atom. The molecular formula is C21H19BrN6O5S. The standard InChI is InChI=1S/C21H19BrN6O5S/c1-5-27-9-11(22)16(26-27)13-6-7-23-14-8-12(25-28(13)14)18(29)24-19-15(20(30)32-3)10(2)17(34-19)21(31)33-4/h6-9H,5H2,1-4H3,(H,24,29). The van der Waals surface area contributed by atoms with Crippen LogP contribution >= 0.6 is 27.3 Å². The Bertz CT molecular complexity index is 1440. The molecule has 0 aliphatic heterocycles. The summed E-state index contributed by atoms with van der Waals surface area (Å²) < 4.78 is 13.7. The molecule has 34 heavy (non-hydrogen) atoms. The highest BCUT2D eigenvalue weighted by Crippen LogP contribution is 2.34. The zero-order valence-corrected chi connectivity index (χ0v) is 21.0. The van der Waals surface area contributed by atoms with Crippen LogP contribution in [0.1, 0.15) is 43.0 Å². The Morgan fingerprint density at radius 3 is 2.56 bits per heavy atom. The Morgan fingerprint density at radius 2 is 1.91 bits per heavy atom. The number of halogens is 1. The lowest BCUT2D eigenvalue weighted by Crippen LogP contribution is -2.15. The maximum absolute atomic E-state index is 13.1.